The third kappa shape index (κ3) is 4.34. The van der Waals surface area contributed by atoms with Gasteiger partial charge >= 0.3 is 0 Å². The molecule has 0 saturated carbocycles. The Hall–Kier alpha value is -3.26. The Bertz CT molecular complexity index is 1170. The Labute approximate surface area is 162 Å². The minimum atomic E-state index is -4.01. The number of benzene rings is 2. The Kier molecular flexibility index (Phi) is 5.41. The molecule has 0 saturated heterocycles. The van der Waals surface area contributed by atoms with Crippen LogP contribution < -0.4 is 10.3 Å². The zero-order valence-electron chi connectivity index (χ0n) is 15.4. The first-order valence-electron chi connectivity index (χ1n) is 8.52. The van der Waals surface area contributed by atoms with E-state index in [-0.39, 0.29) is 4.90 Å². The van der Waals surface area contributed by atoms with E-state index in [1.165, 1.54) is 18.2 Å². The molecule has 0 spiro atoms. The van der Waals surface area contributed by atoms with Gasteiger partial charge in [0.25, 0.3) is 21.5 Å². The van der Waals surface area contributed by atoms with Gasteiger partial charge in [-0.1, -0.05) is 48.0 Å². The summed E-state index contributed by atoms with van der Waals surface area (Å²) in [5.74, 6) is -0.505. The maximum absolute atomic E-state index is 12.4. The molecule has 0 aliphatic heterocycles. The molecule has 1 heterocycles. The van der Waals surface area contributed by atoms with Crippen LogP contribution >= 0.6 is 0 Å². The fourth-order valence-electron chi connectivity index (χ4n) is 2.67. The summed E-state index contributed by atoms with van der Waals surface area (Å²) >= 11 is 0. The van der Waals surface area contributed by atoms with Crippen LogP contribution in [0.5, 0.6) is 0 Å². The molecule has 144 valence electrons. The van der Waals surface area contributed by atoms with Crippen molar-refractivity contribution in [3.63, 3.8) is 0 Å². The highest BCUT2D eigenvalue weighted by atomic mass is 32.2. The van der Waals surface area contributed by atoms with Crippen molar-refractivity contribution in [3.8, 4) is 11.3 Å². The van der Waals surface area contributed by atoms with Crippen LogP contribution in [0.25, 0.3) is 11.3 Å². The van der Waals surface area contributed by atoms with E-state index in [0.717, 1.165) is 15.7 Å². The number of carbonyl (C=O) groups excluding carboxylic acids is 1. The molecule has 3 rings (SSSR count). The van der Waals surface area contributed by atoms with Crippen LogP contribution in [0.4, 0.5) is 0 Å². The molecule has 0 radical (unpaired) electrons. The lowest BCUT2D eigenvalue weighted by atomic mass is 10.1. The van der Waals surface area contributed by atoms with Crippen LogP contribution in [-0.4, -0.2) is 23.9 Å². The van der Waals surface area contributed by atoms with Gasteiger partial charge in [-0.2, -0.15) is 0 Å². The van der Waals surface area contributed by atoms with E-state index in [2.05, 4.69) is 4.98 Å². The van der Waals surface area contributed by atoms with Crippen molar-refractivity contribution in [3.05, 3.63) is 82.4 Å². The molecular formula is C20H19N3O4S. The van der Waals surface area contributed by atoms with Crippen molar-refractivity contribution in [1.29, 1.82) is 0 Å². The van der Waals surface area contributed by atoms with Gasteiger partial charge in [-0.15, -0.1) is 0 Å². The standard InChI is InChI=1S/C20H19N3O4S/c1-14-8-10-17(11-9-14)28(26,27)22-19(24)13-23-15(2)21-18(12-20(23)25)16-6-4-3-5-7-16/h3-12H,13H2,1-2H3,(H,22,24). The van der Waals surface area contributed by atoms with Gasteiger partial charge < -0.3 is 0 Å². The zero-order chi connectivity index (χ0) is 20.3. The molecule has 1 amide bonds. The number of hydrogen-bond acceptors (Lipinski definition) is 5. The van der Waals surface area contributed by atoms with Gasteiger partial charge in [0, 0.05) is 11.6 Å². The lowest BCUT2D eigenvalue weighted by Crippen LogP contribution is -2.37. The second kappa shape index (κ2) is 7.77. The number of rotatable bonds is 5. The highest BCUT2D eigenvalue weighted by molar-refractivity contribution is 7.90. The molecule has 28 heavy (non-hydrogen) atoms. The molecule has 7 nitrogen and oxygen atoms in total. The monoisotopic (exact) mass is 397 g/mol. The van der Waals surface area contributed by atoms with E-state index < -0.39 is 28.0 Å². The summed E-state index contributed by atoms with van der Waals surface area (Å²) in [5.41, 5.74) is 1.74. The van der Waals surface area contributed by atoms with E-state index >= 15 is 0 Å². The van der Waals surface area contributed by atoms with Gasteiger partial charge in [0.15, 0.2) is 0 Å². The fourth-order valence-corrected chi connectivity index (χ4v) is 3.65. The van der Waals surface area contributed by atoms with Crippen molar-refractivity contribution in [2.24, 2.45) is 0 Å². The van der Waals surface area contributed by atoms with Gasteiger partial charge in [-0.05, 0) is 26.0 Å². The Morgan fingerprint density at radius 2 is 1.68 bits per heavy atom. The number of amides is 1. The van der Waals surface area contributed by atoms with Crippen LogP contribution in [0.2, 0.25) is 0 Å². The average molecular weight is 397 g/mol. The predicted octanol–water partition coefficient (Wildman–Crippen LogP) is 2.03. The number of carbonyl (C=O) groups is 1. The summed E-state index contributed by atoms with van der Waals surface area (Å²) in [7, 11) is -4.01. The fraction of sp³-hybridized carbons (Fsp3) is 0.150. The second-order valence-electron chi connectivity index (χ2n) is 6.32. The number of aryl methyl sites for hydroxylation is 2. The highest BCUT2D eigenvalue weighted by Crippen LogP contribution is 2.15. The molecule has 0 atom stereocenters. The Morgan fingerprint density at radius 3 is 2.29 bits per heavy atom. The third-order valence-corrected chi connectivity index (χ3v) is 5.54. The summed E-state index contributed by atoms with van der Waals surface area (Å²) in [5, 5.41) is 0. The van der Waals surface area contributed by atoms with E-state index in [4.69, 9.17) is 0 Å². The second-order valence-corrected chi connectivity index (χ2v) is 8.00. The number of nitrogens with zero attached hydrogens (tertiary/aromatic N) is 2. The molecule has 8 heteroatoms. The topological polar surface area (TPSA) is 98.1 Å². The molecule has 0 bridgehead atoms. The van der Waals surface area contributed by atoms with Crippen LogP contribution in [0, 0.1) is 13.8 Å². The molecule has 0 fully saturated rings. The van der Waals surface area contributed by atoms with Crippen molar-refractivity contribution in [2.75, 3.05) is 0 Å². The van der Waals surface area contributed by atoms with Gasteiger partial charge in [-0.3, -0.25) is 14.2 Å². The minimum absolute atomic E-state index is 0.0203. The molecule has 0 aliphatic rings. The summed E-state index contributed by atoms with van der Waals surface area (Å²) in [6, 6.07) is 16.6. The van der Waals surface area contributed by atoms with Crippen LogP contribution in [0.15, 0.2) is 70.4 Å². The first-order chi connectivity index (χ1) is 13.3. The first kappa shape index (κ1) is 19.5. The quantitative estimate of drug-likeness (QED) is 0.710. The van der Waals surface area contributed by atoms with Gasteiger partial charge in [0.2, 0.25) is 0 Å². The van der Waals surface area contributed by atoms with Crippen molar-refractivity contribution < 1.29 is 13.2 Å². The van der Waals surface area contributed by atoms with Gasteiger partial charge in [0.05, 0.1) is 10.6 Å². The molecular weight excluding hydrogens is 378 g/mol. The minimum Gasteiger partial charge on any atom is -0.287 e. The molecule has 2 aromatic carbocycles. The van der Waals surface area contributed by atoms with Crippen molar-refractivity contribution in [1.82, 2.24) is 14.3 Å². The summed E-state index contributed by atoms with van der Waals surface area (Å²) < 4.78 is 27.8. The average Bonchev–Trinajstić information content (AvgIpc) is 2.65. The molecule has 0 aliphatic carbocycles. The predicted molar refractivity (Wildman–Crippen MR) is 105 cm³/mol. The van der Waals surface area contributed by atoms with E-state index in [0.29, 0.717) is 11.5 Å². The van der Waals surface area contributed by atoms with Crippen molar-refractivity contribution >= 4 is 15.9 Å². The summed E-state index contributed by atoms with van der Waals surface area (Å²) in [6.45, 7) is 2.98. The van der Waals surface area contributed by atoms with E-state index in [1.807, 2.05) is 42.0 Å². The number of sulfonamides is 1. The van der Waals surface area contributed by atoms with E-state index in [9.17, 15) is 18.0 Å². The molecule has 0 unspecified atom stereocenters. The molecule has 3 aromatic rings. The number of hydrogen-bond donors (Lipinski definition) is 1. The lowest BCUT2D eigenvalue weighted by molar-refractivity contribution is -0.120. The van der Waals surface area contributed by atoms with Crippen LogP contribution in [0.1, 0.15) is 11.4 Å². The zero-order valence-corrected chi connectivity index (χ0v) is 16.2. The first-order valence-corrected chi connectivity index (χ1v) is 10.0. The van der Waals surface area contributed by atoms with E-state index in [1.54, 1.807) is 19.1 Å². The SMILES string of the molecule is Cc1ccc(S(=O)(=O)NC(=O)Cn2c(C)nc(-c3ccccc3)cc2=O)cc1. The van der Waals surface area contributed by atoms with Crippen molar-refractivity contribution in [2.45, 2.75) is 25.3 Å². The maximum atomic E-state index is 12.4. The highest BCUT2D eigenvalue weighted by Gasteiger charge is 2.19. The Morgan fingerprint density at radius 1 is 1.04 bits per heavy atom. The normalized spacial score (nSPS) is 11.2. The smallest absolute Gasteiger partial charge is 0.264 e. The molecule has 1 N–H and O–H groups in total. The van der Waals surface area contributed by atoms with Crippen LogP contribution in [0.3, 0.4) is 0 Å². The molecule has 1 aromatic heterocycles. The lowest BCUT2D eigenvalue weighted by Gasteiger charge is -2.12. The van der Waals surface area contributed by atoms with Gasteiger partial charge in [-0.25, -0.2) is 18.1 Å². The number of aromatic nitrogens is 2. The number of nitrogens with one attached hydrogen (secondary N) is 1. The van der Waals surface area contributed by atoms with Gasteiger partial charge in [0.1, 0.15) is 12.4 Å². The Balaban J connectivity index is 1.81. The largest absolute Gasteiger partial charge is 0.287 e. The summed E-state index contributed by atoms with van der Waals surface area (Å²) in [6.07, 6.45) is 0. The summed E-state index contributed by atoms with van der Waals surface area (Å²) in [4.78, 5) is 29.0. The van der Waals surface area contributed by atoms with Crippen LogP contribution in [-0.2, 0) is 21.4 Å². The third-order valence-electron chi connectivity index (χ3n) is 4.15. The maximum Gasteiger partial charge on any atom is 0.264 e.